The van der Waals surface area contributed by atoms with E-state index in [4.69, 9.17) is 5.73 Å². The molecule has 7 heteroatoms. The van der Waals surface area contributed by atoms with Crippen LogP contribution >= 0.6 is 15.9 Å². The zero-order chi connectivity index (χ0) is 14.9. The van der Waals surface area contributed by atoms with Crippen LogP contribution in [0, 0.1) is 0 Å². The summed E-state index contributed by atoms with van der Waals surface area (Å²) < 4.78 is 23.8. The Kier molecular flexibility index (Phi) is 4.51. The van der Waals surface area contributed by atoms with Gasteiger partial charge in [0.05, 0.1) is 4.90 Å². The molecule has 0 bridgehead atoms. The summed E-state index contributed by atoms with van der Waals surface area (Å²) in [5.74, 6) is -0.144. The molecule has 0 saturated carbocycles. The summed E-state index contributed by atoms with van der Waals surface area (Å²) in [4.78, 5) is 14.2. The van der Waals surface area contributed by atoms with E-state index in [0.29, 0.717) is 23.1 Å². The monoisotopic (exact) mass is 360 g/mol. The van der Waals surface area contributed by atoms with Crippen LogP contribution in [0.5, 0.6) is 0 Å². The molecule has 1 amide bonds. The molecular weight excluding hydrogens is 344 g/mol. The number of hydrogen-bond donors (Lipinski definition) is 1. The lowest BCUT2D eigenvalue weighted by Crippen LogP contribution is -2.42. The molecule has 5 nitrogen and oxygen atoms in total. The lowest BCUT2D eigenvalue weighted by Gasteiger charge is -2.30. The third-order valence-electron chi connectivity index (χ3n) is 3.40. The first-order chi connectivity index (χ1) is 9.29. The van der Waals surface area contributed by atoms with Gasteiger partial charge in [0.2, 0.25) is 0 Å². The fourth-order valence-electron chi connectivity index (χ4n) is 2.21. The van der Waals surface area contributed by atoms with Crippen LogP contribution < -0.4 is 5.73 Å². The first-order valence-electron chi connectivity index (χ1n) is 6.33. The summed E-state index contributed by atoms with van der Waals surface area (Å²) >= 11 is 3.20. The Labute approximate surface area is 127 Å². The second kappa shape index (κ2) is 5.83. The molecule has 0 atom stereocenters. The van der Waals surface area contributed by atoms with Gasteiger partial charge in [0.1, 0.15) is 0 Å². The van der Waals surface area contributed by atoms with Crippen molar-refractivity contribution in [3.63, 3.8) is 0 Å². The van der Waals surface area contributed by atoms with Crippen LogP contribution in [0.25, 0.3) is 0 Å². The van der Waals surface area contributed by atoms with Crippen molar-refractivity contribution in [2.45, 2.75) is 23.8 Å². The van der Waals surface area contributed by atoms with E-state index < -0.39 is 9.84 Å². The van der Waals surface area contributed by atoms with E-state index in [-0.39, 0.29) is 16.8 Å². The van der Waals surface area contributed by atoms with Gasteiger partial charge in [-0.25, -0.2) is 8.42 Å². The SMILES string of the molecule is CS(=O)(=O)c1cc(C(=O)N2CCC(N)CC2)ccc1Br. The quantitative estimate of drug-likeness (QED) is 0.864. The van der Waals surface area contributed by atoms with Gasteiger partial charge in [-0.3, -0.25) is 4.79 Å². The van der Waals surface area contributed by atoms with Crippen molar-refractivity contribution < 1.29 is 13.2 Å². The Balaban J connectivity index is 2.27. The highest BCUT2D eigenvalue weighted by Gasteiger charge is 2.23. The maximum absolute atomic E-state index is 12.4. The van der Waals surface area contributed by atoms with Crippen LogP contribution in [0.3, 0.4) is 0 Å². The fourth-order valence-corrected chi connectivity index (χ4v) is 4.10. The molecule has 1 aliphatic heterocycles. The summed E-state index contributed by atoms with van der Waals surface area (Å²) in [5.41, 5.74) is 6.21. The number of carbonyl (C=O) groups is 1. The van der Waals surface area contributed by atoms with Crippen molar-refractivity contribution in [1.82, 2.24) is 4.90 Å². The van der Waals surface area contributed by atoms with E-state index in [1.54, 1.807) is 17.0 Å². The second-order valence-corrected chi connectivity index (χ2v) is 7.89. The minimum absolute atomic E-state index is 0.136. The normalized spacial score (nSPS) is 17.2. The summed E-state index contributed by atoms with van der Waals surface area (Å²) in [7, 11) is -3.37. The zero-order valence-electron chi connectivity index (χ0n) is 11.2. The molecular formula is C13H17BrN2O3S. The van der Waals surface area contributed by atoms with Crippen molar-refractivity contribution in [3.05, 3.63) is 28.2 Å². The van der Waals surface area contributed by atoms with Crippen LogP contribution in [-0.2, 0) is 9.84 Å². The molecule has 0 unspecified atom stereocenters. The average Bonchev–Trinajstić information content (AvgIpc) is 2.38. The largest absolute Gasteiger partial charge is 0.339 e. The van der Waals surface area contributed by atoms with Gasteiger partial charge in [0.25, 0.3) is 5.91 Å². The molecule has 0 aromatic heterocycles. The molecule has 1 fully saturated rings. The third kappa shape index (κ3) is 3.39. The molecule has 0 spiro atoms. The molecule has 1 aromatic rings. The summed E-state index contributed by atoms with van der Waals surface area (Å²) in [6.45, 7) is 1.23. The highest BCUT2D eigenvalue weighted by molar-refractivity contribution is 9.10. The predicted molar refractivity (Wildman–Crippen MR) is 80.4 cm³/mol. The molecule has 2 N–H and O–H groups in total. The summed E-state index contributed by atoms with van der Waals surface area (Å²) in [6, 6.07) is 4.81. The molecule has 1 aliphatic rings. The van der Waals surface area contributed by atoms with E-state index in [2.05, 4.69) is 15.9 Å². The van der Waals surface area contributed by atoms with Gasteiger partial charge in [-0.1, -0.05) is 0 Å². The Hall–Kier alpha value is -0.920. The summed E-state index contributed by atoms with van der Waals surface area (Å²) in [5, 5.41) is 0. The van der Waals surface area contributed by atoms with Gasteiger partial charge in [-0.2, -0.15) is 0 Å². The van der Waals surface area contributed by atoms with Gasteiger partial charge < -0.3 is 10.6 Å². The van der Waals surface area contributed by atoms with Crippen molar-refractivity contribution in [1.29, 1.82) is 0 Å². The number of likely N-dealkylation sites (tertiary alicyclic amines) is 1. The van der Waals surface area contributed by atoms with Crippen molar-refractivity contribution in [2.75, 3.05) is 19.3 Å². The Morgan fingerprint density at radius 2 is 1.95 bits per heavy atom. The van der Waals surface area contributed by atoms with Crippen molar-refractivity contribution in [2.24, 2.45) is 5.73 Å². The van der Waals surface area contributed by atoms with E-state index in [0.717, 1.165) is 19.1 Å². The van der Waals surface area contributed by atoms with Crippen LogP contribution in [0.15, 0.2) is 27.6 Å². The molecule has 0 radical (unpaired) electrons. The smallest absolute Gasteiger partial charge is 0.253 e. The second-order valence-electron chi connectivity index (χ2n) is 5.05. The van der Waals surface area contributed by atoms with Crippen LogP contribution in [0.2, 0.25) is 0 Å². The Bertz CT molecular complexity index is 623. The van der Waals surface area contributed by atoms with Crippen molar-refractivity contribution >= 4 is 31.7 Å². The maximum atomic E-state index is 12.4. The number of carbonyl (C=O) groups excluding carboxylic acids is 1. The zero-order valence-corrected chi connectivity index (χ0v) is 13.6. The molecule has 1 saturated heterocycles. The highest BCUT2D eigenvalue weighted by Crippen LogP contribution is 2.24. The first-order valence-corrected chi connectivity index (χ1v) is 9.02. The van der Waals surface area contributed by atoms with Crippen molar-refractivity contribution in [3.8, 4) is 0 Å². The standard InChI is InChI=1S/C13H17BrN2O3S/c1-20(18,19)12-8-9(2-3-11(12)14)13(17)16-6-4-10(15)5-7-16/h2-3,8,10H,4-7,15H2,1H3. The minimum atomic E-state index is -3.37. The van der Waals surface area contributed by atoms with Gasteiger partial charge in [-0.15, -0.1) is 0 Å². The number of benzene rings is 1. The molecule has 20 heavy (non-hydrogen) atoms. The van der Waals surface area contributed by atoms with E-state index in [1.165, 1.54) is 6.07 Å². The van der Waals surface area contributed by atoms with E-state index >= 15 is 0 Å². The Morgan fingerprint density at radius 3 is 2.50 bits per heavy atom. The number of rotatable bonds is 2. The van der Waals surface area contributed by atoms with Gasteiger partial charge in [0.15, 0.2) is 9.84 Å². The van der Waals surface area contributed by atoms with Gasteiger partial charge >= 0.3 is 0 Å². The highest BCUT2D eigenvalue weighted by atomic mass is 79.9. The van der Waals surface area contributed by atoms with Crippen LogP contribution in [-0.4, -0.2) is 44.6 Å². The number of nitrogens with two attached hydrogens (primary N) is 1. The minimum Gasteiger partial charge on any atom is -0.339 e. The van der Waals surface area contributed by atoms with E-state index in [9.17, 15) is 13.2 Å². The molecule has 1 aromatic carbocycles. The molecule has 1 heterocycles. The topological polar surface area (TPSA) is 80.5 Å². The van der Waals surface area contributed by atoms with Crippen LogP contribution in [0.1, 0.15) is 23.2 Å². The number of hydrogen-bond acceptors (Lipinski definition) is 4. The van der Waals surface area contributed by atoms with Gasteiger partial charge in [0, 0.05) is 35.4 Å². The number of sulfone groups is 1. The number of piperidine rings is 1. The number of halogens is 1. The molecule has 110 valence electrons. The number of nitrogens with zero attached hydrogens (tertiary/aromatic N) is 1. The first kappa shape index (κ1) is 15.5. The van der Waals surface area contributed by atoms with E-state index in [1.807, 2.05) is 0 Å². The Morgan fingerprint density at radius 1 is 1.35 bits per heavy atom. The average molecular weight is 361 g/mol. The lowest BCUT2D eigenvalue weighted by molar-refractivity contribution is 0.0714. The predicted octanol–water partition coefficient (Wildman–Crippen LogP) is 1.42. The molecule has 0 aliphatic carbocycles. The van der Waals surface area contributed by atoms with Crippen LogP contribution in [0.4, 0.5) is 0 Å². The fraction of sp³-hybridized carbons (Fsp3) is 0.462. The maximum Gasteiger partial charge on any atom is 0.253 e. The number of amides is 1. The van der Waals surface area contributed by atoms with Gasteiger partial charge in [-0.05, 0) is 47.0 Å². The third-order valence-corrected chi connectivity index (χ3v) is 5.50. The lowest BCUT2D eigenvalue weighted by atomic mass is 10.0. The molecule has 2 rings (SSSR count). The summed E-state index contributed by atoms with van der Waals surface area (Å²) in [6.07, 6.45) is 2.68.